The maximum absolute atomic E-state index is 12.6. The van der Waals surface area contributed by atoms with Crippen LogP contribution < -0.4 is 10.1 Å². The quantitative estimate of drug-likeness (QED) is 0.310. The van der Waals surface area contributed by atoms with Crippen LogP contribution in [-0.4, -0.2) is 11.1 Å². The van der Waals surface area contributed by atoms with Gasteiger partial charge in [-0.15, -0.1) is 0 Å². The number of carbonyl (C=O) groups excluding carboxylic acids is 1. The smallest absolute Gasteiger partial charge is 0.264 e. The highest BCUT2D eigenvalue weighted by atomic mass is 79.9. The Kier molecular flexibility index (Phi) is 7.40. The maximum atomic E-state index is 12.6. The van der Waals surface area contributed by atoms with Crippen molar-refractivity contribution in [3.8, 4) is 5.75 Å². The Morgan fingerprint density at radius 3 is 2.66 bits per heavy atom. The van der Waals surface area contributed by atoms with E-state index in [0.29, 0.717) is 27.5 Å². The minimum atomic E-state index is -0.203. The zero-order valence-corrected chi connectivity index (χ0v) is 21.6. The van der Waals surface area contributed by atoms with E-state index in [1.54, 1.807) is 6.07 Å². The number of amidine groups is 1. The molecule has 1 fully saturated rings. The first-order valence-electron chi connectivity index (χ1n) is 9.60. The van der Waals surface area contributed by atoms with Gasteiger partial charge in [-0.3, -0.25) is 4.79 Å². The van der Waals surface area contributed by atoms with Crippen molar-refractivity contribution in [2.75, 3.05) is 0 Å². The second-order valence-electron chi connectivity index (χ2n) is 6.99. The monoisotopic (exact) mass is 590 g/mol. The van der Waals surface area contributed by atoms with Gasteiger partial charge in [0.2, 0.25) is 0 Å². The van der Waals surface area contributed by atoms with Crippen LogP contribution in [0.1, 0.15) is 16.7 Å². The highest BCUT2D eigenvalue weighted by molar-refractivity contribution is 9.11. The Balaban J connectivity index is 1.61. The molecular formula is C24H17Br2ClN2O2S. The predicted molar refractivity (Wildman–Crippen MR) is 140 cm³/mol. The van der Waals surface area contributed by atoms with Gasteiger partial charge in [0.1, 0.15) is 12.4 Å². The van der Waals surface area contributed by atoms with Crippen LogP contribution >= 0.6 is 55.2 Å². The molecular weight excluding hydrogens is 576 g/mol. The Morgan fingerprint density at radius 2 is 1.91 bits per heavy atom. The van der Waals surface area contributed by atoms with E-state index in [1.165, 1.54) is 11.8 Å². The molecule has 4 nitrogen and oxygen atoms in total. The summed E-state index contributed by atoms with van der Waals surface area (Å²) in [6.07, 6.45) is 1.81. The third-order valence-electron chi connectivity index (χ3n) is 4.58. The third kappa shape index (κ3) is 5.64. The summed E-state index contributed by atoms with van der Waals surface area (Å²) in [6.45, 7) is 2.35. The number of rotatable bonds is 5. The molecule has 0 unspecified atom stereocenters. The largest absolute Gasteiger partial charge is 0.487 e. The lowest BCUT2D eigenvalue weighted by molar-refractivity contribution is -0.115. The molecule has 0 spiro atoms. The van der Waals surface area contributed by atoms with Crippen molar-refractivity contribution in [3.63, 3.8) is 0 Å². The van der Waals surface area contributed by atoms with Crippen LogP contribution in [0, 0.1) is 6.92 Å². The van der Waals surface area contributed by atoms with E-state index in [-0.39, 0.29) is 5.91 Å². The van der Waals surface area contributed by atoms with Crippen LogP contribution in [0.4, 0.5) is 5.69 Å². The van der Waals surface area contributed by atoms with Crippen molar-refractivity contribution in [2.24, 2.45) is 4.99 Å². The summed E-state index contributed by atoms with van der Waals surface area (Å²) in [6, 6.07) is 19.2. The van der Waals surface area contributed by atoms with Crippen LogP contribution in [0.3, 0.4) is 0 Å². The van der Waals surface area contributed by atoms with Gasteiger partial charge in [-0.1, -0.05) is 57.9 Å². The molecule has 1 saturated heterocycles. The fraction of sp³-hybridized carbons (Fsp3) is 0.0833. The zero-order valence-electron chi connectivity index (χ0n) is 16.9. The van der Waals surface area contributed by atoms with E-state index in [9.17, 15) is 4.79 Å². The number of hydrogen-bond acceptors (Lipinski definition) is 4. The van der Waals surface area contributed by atoms with Crippen LogP contribution in [0.25, 0.3) is 6.08 Å². The molecule has 1 heterocycles. The molecule has 3 aromatic carbocycles. The normalized spacial score (nSPS) is 15.9. The van der Waals surface area contributed by atoms with Gasteiger partial charge in [-0.05, 0) is 82.2 Å². The van der Waals surface area contributed by atoms with Gasteiger partial charge in [0.15, 0.2) is 5.17 Å². The van der Waals surface area contributed by atoms with Crippen molar-refractivity contribution >= 4 is 78.1 Å². The lowest BCUT2D eigenvalue weighted by atomic mass is 10.1. The fourth-order valence-electron chi connectivity index (χ4n) is 3.04. The summed E-state index contributed by atoms with van der Waals surface area (Å²) in [5.41, 5.74) is 3.53. The molecule has 1 aliphatic heterocycles. The van der Waals surface area contributed by atoms with Gasteiger partial charge >= 0.3 is 0 Å². The lowest BCUT2D eigenvalue weighted by Gasteiger charge is -2.12. The number of nitrogens with one attached hydrogen (secondary N) is 1. The molecule has 32 heavy (non-hydrogen) atoms. The molecule has 1 aliphatic rings. The van der Waals surface area contributed by atoms with Crippen LogP contribution in [0.15, 0.2) is 79.5 Å². The number of ether oxygens (including phenoxy) is 1. The van der Waals surface area contributed by atoms with Crippen molar-refractivity contribution in [1.29, 1.82) is 0 Å². The SMILES string of the molecule is Cc1cc(Cl)ccc1N=C1NC(=O)/C(=C/c2cc(Br)cc(Br)c2OCc2ccccc2)S1. The van der Waals surface area contributed by atoms with Crippen LogP contribution in [0.5, 0.6) is 5.75 Å². The molecule has 0 aromatic heterocycles. The average molecular weight is 593 g/mol. The highest BCUT2D eigenvalue weighted by Gasteiger charge is 2.25. The molecule has 8 heteroatoms. The molecule has 0 radical (unpaired) electrons. The summed E-state index contributed by atoms with van der Waals surface area (Å²) < 4.78 is 7.78. The van der Waals surface area contributed by atoms with Crippen molar-refractivity contribution < 1.29 is 9.53 Å². The minimum absolute atomic E-state index is 0.203. The molecule has 4 rings (SSSR count). The minimum Gasteiger partial charge on any atom is -0.487 e. The Bertz CT molecular complexity index is 1250. The summed E-state index contributed by atoms with van der Waals surface area (Å²) in [7, 11) is 0. The van der Waals surface area contributed by atoms with Crippen molar-refractivity contribution in [1.82, 2.24) is 5.32 Å². The summed E-state index contributed by atoms with van der Waals surface area (Å²) >= 11 is 14.4. The van der Waals surface area contributed by atoms with E-state index in [0.717, 1.165) is 31.3 Å². The van der Waals surface area contributed by atoms with Gasteiger partial charge in [0.25, 0.3) is 5.91 Å². The lowest BCUT2D eigenvalue weighted by Crippen LogP contribution is -2.19. The van der Waals surface area contributed by atoms with Crippen molar-refractivity contribution in [2.45, 2.75) is 13.5 Å². The van der Waals surface area contributed by atoms with E-state index >= 15 is 0 Å². The first-order valence-corrected chi connectivity index (χ1v) is 12.4. The number of benzene rings is 3. The number of hydrogen-bond donors (Lipinski definition) is 1. The number of nitrogens with zero attached hydrogens (tertiary/aromatic N) is 1. The number of aryl methyl sites for hydroxylation is 1. The Hall–Kier alpha value is -2.06. The number of carbonyl (C=O) groups is 1. The number of amides is 1. The second-order valence-corrected chi connectivity index (χ2v) is 10.2. The topological polar surface area (TPSA) is 50.7 Å². The van der Waals surface area contributed by atoms with E-state index in [1.807, 2.05) is 67.6 Å². The summed E-state index contributed by atoms with van der Waals surface area (Å²) in [5, 5.41) is 4.00. The number of halogens is 3. The van der Waals surface area contributed by atoms with E-state index in [4.69, 9.17) is 16.3 Å². The van der Waals surface area contributed by atoms with Crippen molar-refractivity contribution in [3.05, 3.63) is 96.2 Å². The first kappa shape index (κ1) is 23.1. The standard InChI is InChI=1S/C24H17Br2ClN2O2S/c1-14-9-18(27)7-8-20(14)28-24-29-23(30)21(32-24)11-16-10-17(25)12-19(26)22(16)31-13-15-5-3-2-4-6-15/h2-12H,13H2,1H3,(H,28,29,30)/b21-11-. The van der Waals surface area contributed by atoms with E-state index in [2.05, 4.69) is 42.2 Å². The second kappa shape index (κ2) is 10.3. The van der Waals surface area contributed by atoms with Gasteiger partial charge in [-0.2, -0.15) is 0 Å². The van der Waals surface area contributed by atoms with Gasteiger partial charge < -0.3 is 10.1 Å². The fourth-order valence-corrected chi connectivity index (χ4v) is 5.47. The average Bonchev–Trinajstić information content (AvgIpc) is 3.09. The number of aliphatic imine (C=N–C) groups is 1. The molecule has 0 bridgehead atoms. The van der Waals surface area contributed by atoms with E-state index < -0.39 is 0 Å². The summed E-state index contributed by atoms with van der Waals surface area (Å²) in [5.74, 6) is 0.461. The highest BCUT2D eigenvalue weighted by Crippen LogP contribution is 2.37. The molecule has 0 aliphatic carbocycles. The zero-order chi connectivity index (χ0) is 22.7. The van der Waals surface area contributed by atoms with Crippen LogP contribution in [-0.2, 0) is 11.4 Å². The maximum Gasteiger partial charge on any atom is 0.264 e. The first-order chi connectivity index (χ1) is 15.4. The van der Waals surface area contributed by atoms with Gasteiger partial charge in [0, 0.05) is 15.1 Å². The molecule has 162 valence electrons. The van der Waals surface area contributed by atoms with Gasteiger partial charge in [0.05, 0.1) is 15.1 Å². The molecule has 0 atom stereocenters. The third-order valence-corrected chi connectivity index (χ3v) is 6.77. The Labute approximate surface area is 212 Å². The van der Waals surface area contributed by atoms with Gasteiger partial charge in [-0.25, -0.2) is 4.99 Å². The predicted octanol–water partition coefficient (Wildman–Crippen LogP) is 7.64. The summed E-state index contributed by atoms with van der Waals surface area (Å²) in [4.78, 5) is 17.7. The molecule has 0 saturated carbocycles. The number of thioether (sulfide) groups is 1. The molecule has 1 amide bonds. The van der Waals surface area contributed by atoms with Crippen LogP contribution in [0.2, 0.25) is 5.02 Å². The Morgan fingerprint density at radius 1 is 1.12 bits per heavy atom. The molecule has 1 N–H and O–H groups in total. The molecule has 3 aromatic rings.